The van der Waals surface area contributed by atoms with Crippen LogP contribution in [0.1, 0.15) is 355 Å². The third kappa shape index (κ3) is 67.3. The highest BCUT2D eigenvalue weighted by Gasteiger charge is 2.19. The molecular weight excluding hydrogens is 997 g/mol. The van der Waals surface area contributed by atoms with Gasteiger partial charge in [-0.25, -0.2) is 0 Å². The van der Waals surface area contributed by atoms with Gasteiger partial charge in [-0.15, -0.1) is 0 Å². The Labute approximate surface area is 503 Å². The lowest BCUT2D eigenvalue weighted by molar-refractivity contribution is -0.167. The number of hydrogen-bond donors (Lipinski definition) is 0. The number of hydrogen-bond acceptors (Lipinski definition) is 6. The highest BCUT2D eigenvalue weighted by molar-refractivity contribution is 5.71. The fourth-order valence-corrected chi connectivity index (χ4v) is 10.1. The molecule has 81 heavy (non-hydrogen) atoms. The van der Waals surface area contributed by atoms with Crippen LogP contribution in [0.15, 0.2) is 85.1 Å². The van der Waals surface area contributed by atoms with Gasteiger partial charge < -0.3 is 14.2 Å². The molecule has 0 bridgehead atoms. The molecule has 0 saturated carbocycles. The third-order valence-corrected chi connectivity index (χ3v) is 15.4. The second kappa shape index (κ2) is 69.1. The van der Waals surface area contributed by atoms with Gasteiger partial charge in [-0.2, -0.15) is 0 Å². The average Bonchev–Trinajstić information content (AvgIpc) is 3.47. The summed E-state index contributed by atoms with van der Waals surface area (Å²) in [4.78, 5) is 38.4. The summed E-state index contributed by atoms with van der Waals surface area (Å²) in [7, 11) is 0. The van der Waals surface area contributed by atoms with Crippen molar-refractivity contribution in [2.45, 2.75) is 361 Å². The smallest absolute Gasteiger partial charge is 0.306 e. The summed E-state index contributed by atoms with van der Waals surface area (Å²) >= 11 is 0. The van der Waals surface area contributed by atoms with E-state index in [1.807, 2.05) is 0 Å². The molecule has 0 N–H and O–H groups in total. The zero-order valence-corrected chi connectivity index (χ0v) is 53.8. The highest BCUT2D eigenvalue weighted by Crippen LogP contribution is 2.17. The third-order valence-electron chi connectivity index (χ3n) is 15.4. The Morgan fingerprint density at radius 1 is 0.259 bits per heavy atom. The van der Waals surface area contributed by atoms with Crippen molar-refractivity contribution < 1.29 is 28.6 Å². The minimum absolute atomic E-state index is 0.0782. The van der Waals surface area contributed by atoms with E-state index >= 15 is 0 Å². The Bertz CT molecular complexity index is 1530. The lowest BCUT2D eigenvalue weighted by Gasteiger charge is -2.18. The zero-order valence-electron chi connectivity index (χ0n) is 53.8. The molecule has 0 rings (SSSR count). The van der Waals surface area contributed by atoms with Crippen molar-refractivity contribution in [3.05, 3.63) is 85.1 Å². The molecule has 0 fully saturated rings. The number of carbonyl (C=O) groups is 3. The topological polar surface area (TPSA) is 78.9 Å². The van der Waals surface area contributed by atoms with Crippen molar-refractivity contribution in [2.75, 3.05) is 13.2 Å². The first kappa shape index (κ1) is 77.6. The molecule has 1 atom stereocenters. The monoisotopic (exact) mass is 1130 g/mol. The van der Waals surface area contributed by atoms with E-state index in [1.165, 1.54) is 218 Å². The summed E-state index contributed by atoms with van der Waals surface area (Å²) in [5, 5.41) is 0. The number of esters is 3. The summed E-state index contributed by atoms with van der Waals surface area (Å²) in [5.74, 6) is -0.874. The predicted molar refractivity (Wildman–Crippen MR) is 353 cm³/mol. The molecule has 0 saturated heterocycles. The minimum atomic E-state index is -0.781. The Morgan fingerprint density at radius 3 is 0.802 bits per heavy atom. The Balaban J connectivity index is 4.22. The van der Waals surface area contributed by atoms with Gasteiger partial charge >= 0.3 is 17.9 Å². The molecule has 468 valence electrons. The van der Waals surface area contributed by atoms with Gasteiger partial charge in [-0.3, -0.25) is 14.4 Å². The van der Waals surface area contributed by atoms with Crippen LogP contribution in [0.2, 0.25) is 0 Å². The van der Waals surface area contributed by atoms with E-state index in [9.17, 15) is 14.4 Å². The molecule has 0 amide bonds. The molecule has 0 aromatic heterocycles. The maximum absolute atomic E-state index is 12.9. The summed E-state index contributed by atoms with van der Waals surface area (Å²) in [6.07, 6.45) is 91.9. The first-order chi connectivity index (χ1) is 40.0. The fraction of sp³-hybridized carbons (Fsp3) is 0.773. The van der Waals surface area contributed by atoms with E-state index in [-0.39, 0.29) is 31.1 Å². The fourth-order valence-electron chi connectivity index (χ4n) is 10.1. The van der Waals surface area contributed by atoms with Gasteiger partial charge in [0.05, 0.1) is 0 Å². The van der Waals surface area contributed by atoms with Crippen LogP contribution in [0.25, 0.3) is 0 Å². The standard InChI is InChI=1S/C75H132O6/c1-4-7-10-13-16-19-22-24-26-28-30-32-34-36-37-39-40-42-44-46-48-50-53-56-59-62-65-68-74(77)80-71-72(70-79-73(76)67-64-61-58-55-52-21-18-15-12-9-6-3)81-75(78)69-66-63-60-57-54-51-49-47-45-43-41-38-35-33-31-29-27-25-23-20-17-14-11-8-5-2/h7,10,15-16,18-19,24,26,29-32,36-37,72H,4-6,8-9,11-14,17,20-23,25,27-28,33-35,38-71H2,1-3H3/b10-7-,18-15-,19-16-,26-24-,31-29-,32-30-,37-36-. The summed E-state index contributed by atoms with van der Waals surface area (Å²) in [6.45, 7) is 6.52. The summed E-state index contributed by atoms with van der Waals surface area (Å²) in [5.41, 5.74) is 0. The van der Waals surface area contributed by atoms with E-state index < -0.39 is 6.10 Å². The van der Waals surface area contributed by atoms with E-state index in [4.69, 9.17) is 14.2 Å². The molecule has 0 aromatic carbocycles. The second-order valence-corrected chi connectivity index (χ2v) is 23.4. The van der Waals surface area contributed by atoms with Crippen molar-refractivity contribution in [3.8, 4) is 0 Å². The maximum atomic E-state index is 12.9. The van der Waals surface area contributed by atoms with Crippen LogP contribution >= 0.6 is 0 Å². The predicted octanol–water partition coefficient (Wildman–Crippen LogP) is 24.2. The van der Waals surface area contributed by atoms with Crippen LogP contribution in [-0.4, -0.2) is 37.2 Å². The van der Waals surface area contributed by atoms with E-state index in [1.54, 1.807) is 0 Å². The van der Waals surface area contributed by atoms with Crippen LogP contribution < -0.4 is 0 Å². The van der Waals surface area contributed by atoms with Gasteiger partial charge in [0.25, 0.3) is 0 Å². The van der Waals surface area contributed by atoms with Gasteiger partial charge in [-0.05, 0) is 109 Å². The second-order valence-electron chi connectivity index (χ2n) is 23.4. The lowest BCUT2D eigenvalue weighted by Crippen LogP contribution is -2.30. The highest BCUT2D eigenvalue weighted by atomic mass is 16.6. The summed E-state index contributed by atoms with van der Waals surface area (Å²) < 4.78 is 17.0. The van der Waals surface area contributed by atoms with E-state index in [2.05, 4.69) is 106 Å². The molecule has 1 unspecified atom stereocenters. The lowest BCUT2D eigenvalue weighted by atomic mass is 10.0. The van der Waals surface area contributed by atoms with Crippen molar-refractivity contribution in [1.29, 1.82) is 0 Å². The number of rotatable bonds is 64. The minimum Gasteiger partial charge on any atom is -0.462 e. The Hall–Kier alpha value is -3.41. The van der Waals surface area contributed by atoms with Crippen LogP contribution in [0.5, 0.6) is 0 Å². The van der Waals surface area contributed by atoms with E-state index in [0.717, 1.165) is 96.3 Å². The molecule has 0 aliphatic carbocycles. The van der Waals surface area contributed by atoms with Gasteiger partial charge in [0.15, 0.2) is 6.10 Å². The van der Waals surface area contributed by atoms with Crippen LogP contribution in [-0.2, 0) is 28.6 Å². The molecule has 0 aliphatic heterocycles. The van der Waals surface area contributed by atoms with Crippen molar-refractivity contribution in [3.63, 3.8) is 0 Å². The maximum Gasteiger partial charge on any atom is 0.306 e. The van der Waals surface area contributed by atoms with Crippen molar-refractivity contribution in [1.82, 2.24) is 0 Å². The number of allylic oxidation sites excluding steroid dienone is 14. The normalized spacial score (nSPS) is 12.6. The van der Waals surface area contributed by atoms with Gasteiger partial charge in [-0.1, -0.05) is 311 Å². The molecule has 0 radical (unpaired) electrons. The molecule has 0 heterocycles. The Morgan fingerprint density at radius 2 is 0.494 bits per heavy atom. The Kier molecular flexibility index (Phi) is 66.2. The molecular formula is C75H132O6. The van der Waals surface area contributed by atoms with E-state index in [0.29, 0.717) is 19.3 Å². The van der Waals surface area contributed by atoms with Crippen LogP contribution in [0.4, 0.5) is 0 Å². The average molecular weight is 1130 g/mol. The quantitative estimate of drug-likeness (QED) is 0.0261. The summed E-state index contributed by atoms with van der Waals surface area (Å²) in [6, 6.07) is 0. The molecule has 0 aromatic rings. The van der Waals surface area contributed by atoms with Crippen LogP contribution in [0.3, 0.4) is 0 Å². The number of carbonyl (C=O) groups excluding carboxylic acids is 3. The molecule has 6 heteroatoms. The SMILES string of the molecule is CC/C=C\C/C=C\C/C=C\C/C=C\C/C=C\CCCCCCCCCCCCCC(=O)OCC(COC(=O)CCCCCCC/C=C\CCCC)OC(=O)CCCCCCCCCCCCCCC/C=C\CCCCCCCCCC. The molecule has 0 aliphatic rings. The van der Waals surface area contributed by atoms with Gasteiger partial charge in [0.2, 0.25) is 0 Å². The first-order valence-electron chi connectivity index (χ1n) is 35.1. The van der Waals surface area contributed by atoms with Gasteiger partial charge in [0.1, 0.15) is 13.2 Å². The number of unbranched alkanes of at least 4 members (excludes halogenated alkanes) is 39. The van der Waals surface area contributed by atoms with Gasteiger partial charge in [0, 0.05) is 19.3 Å². The molecule has 0 spiro atoms. The van der Waals surface area contributed by atoms with Crippen molar-refractivity contribution >= 4 is 17.9 Å². The first-order valence-corrected chi connectivity index (χ1v) is 35.1. The van der Waals surface area contributed by atoms with Crippen LogP contribution in [0, 0.1) is 0 Å². The number of ether oxygens (including phenoxy) is 3. The molecule has 6 nitrogen and oxygen atoms in total. The zero-order chi connectivity index (χ0) is 58.5. The van der Waals surface area contributed by atoms with Crippen molar-refractivity contribution in [2.24, 2.45) is 0 Å². The largest absolute Gasteiger partial charge is 0.462 e.